The third-order valence-corrected chi connectivity index (χ3v) is 12.4. The SMILES string of the molecule is C1=C(c2cccc(-c3ccccc3)c2)NC(c2cccc(-c3ccccc3)c2)=NC1n1c2ccccc2c2cc3c(cc21)-c1ccccc1-c1ccccc1N3c1ccccc1. The molecule has 0 saturated carbocycles. The van der Waals surface area contributed by atoms with Crippen LogP contribution >= 0.6 is 0 Å². The molecule has 0 amide bonds. The van der Waals surface area contributed by atoms with Gasteiger partial charge in [-0.15, -0.1) is 0 Å². The lowest BCUT2D eigenvalue weighted by molar-refractivity contribution is 0.668. The first-order valence-electron chi connectivity index (χ1n) is 21.2. The molecule has 1 N–H and O–H groups in total. The number of nitrogens with one attached hydrogen (secondary N) is 1. The summed E-state index contributed by atoms with van der Waals surface area (Å²) in [5, 5.41) is 6.19. The Hall–Kier alpha value is -8.21. The minimum Gasteiger partial charge on any atom is -0.340 e. The van der Waals surface area contributed by atoms with Crippen molar-refractivity contribution in [2.24, 2.45) is 4.99 Å². The van der Waals surface area contributed by atoms with Crippen LogP contribution in [0.3, 0.4) is 0 Å². The fraction of sp³-hybridized carbons (Fsp3) is 0.0172. The molecular formula is C58H40N4. The molecule has 9 aromatic carbocycles. The van der Waals surface area contributed by atoms with E-state index in [1.54, 1.807) is 0 Å². The summed E-state index contributed by atoms with van der Waals surface area (Å²) in [6.45, 7) is 0. The van der Waals surface area contributed by atoms with Crippen molar-refractivity contribution in [3.63, 3.8) is 0 Å². The Labute approximate surface area is 361 Å². The van der Waals surface area contributed by atoms with Gasteiger partial charge in [0.15, 0.2) is 0 Å². The highest BCUT2D eigenvalue weighted by Gasteiger charge is 2.29. The Morgan fingerprint density at radius 1 is 0.371 bits per heavy atom. The highest BCUT2D eigenvalue weighted by molar-refractivity contribution is 6.14. The number of amidine groups is 1. The Morgan fingerprint density at radius 2 is 0.919 bits per heavy atom. The van der Waals surface area contributed by atoms with Crippen molar-refractivity contribution in [3.8, 4) is 44.5 Å². The fourth-order valence-electron chi connectivity index (χ4n) is 9.49. The largest absolute Gasteiger partial charge is 0.340 e. The summed E-state index contributed by atoms with van der Waals surface area (Å²) in [4.78, 5) is 8.08. The Morgan fingerprint density at radius 3 is 1.65 bits per heavy atom. The molecule has 0 spiro atoms. The third kappa shape index (κ3) is 6.03. The molecule has 4 nitrogen and oxygen atoms in total. The van der Waals surface area contributed by atoms with Gasteiger partial charge in [0.05, 0.1) is 22.4 Å². The molecule has 0 saturated heterocycles. The van der Waals surface area contributed by atoms with E-state index < -0.39 is 0 Å². The summed E-state index contributed by atoms with van der Waals surface area (Å²) in [5.74, 6) is 0.826. The molecule has 0 fully saturated rings. The molecule has 4 heteroatoms. The van der Waals surface area contributed by atoms with E-state index in [-0.39, 0.29) is 6.17 Å². The maximum Gasteiger partial charge on any atom is 0.149 e. The van der Waals surface area contributed by atoms with Gasteiger partial charge in [0.25, 0.3) is 0 Å². The first-order chi connectivity index (χ1) is 30.7. The van der Waals surface area contributed by atoms with Crippen LogP contribution in [-0.4, -0.2) is 10.4 Å². The summed E-state index contributed by atoms with van der Waals surface area (Å²) in [5.41, 5.74) is 18.3. The predicted molar refractivity (Wildman–Crippen MR) is 259 cm³/mol. The van der Waals surface area contributed by atoms with Gasteiger partial charge in [-0.3, -0.25) is 0 Å². The Balaban J connectivity index is 1.11. The summed E-state index contributed by atoms with van der Waals surface area (Å²) in [6.07, 6.45) is 1.93. The number of aromatic nitrogens is 1. The first kappa shape index (κ1) is 35.7. The molecule has 2 aliphatic rings. The number of nitrogens with zero attached hydrogens (tertiary/aromatic N) is 3. The second-order valence-corrected chi connectivity index (χ2v) is 16.0. The predicted octanol–water partition coefficient (Wildman–Crippen LogP) is 14.8. The Bertz CT molecular complexity index is 3280. The second-order valence-electron chi connectivity index (χ2n) is 16.0. The maximum atomic E-state index is 5.64. The van der Waals surface area contributed by atoms with Crippen molar-refractivity contribution in [2.45, 2.75) is 6.17 Å². The quantitative estimate of drug-likeness (QED) is 0.182. The lowest BCUT2D eigenvalue weighted by Gasteiger charge is -2.28. The number of para-hydroxylation sites is 3. The molecule has 10 aromatic rings. The van der Waals surface area contributed by atoms with Gasteiger partial charge in [0.2, 0.25) is 0 Å². The molecular weight excluding hydrogens is 753 g/mol. The van der Waals surface area contributed by atoms with Gasteiger partial charge in [-0.2, -0.15) is 0 Å². The highest BCUT2D eigenvalue weighted by atomic mass is 15.2. The molecule has 1 atom stereocenters. The van der Waals surface area contributed by atoms with Crippen LogP contribution < -0.4 is 10.2 Å². The average molecular weight is 793 g/mol. The Kier molecular flexibility index (Phi) is 8.53. The summed E-state index contributed by atoms with van der Waals surface area (Å²) >= 11 is 0. The maximum absolute atomic E-state index is 5.64. The van der Waals surface area contributed by atoms with Crippen LogP contribution in [0, 0.1) is 0 Å². The average Bonchev–Trinajstić information content (AvgIpc) is 3.62. The summed E-state index contributed by atoms with van der Waals surface area (Å²) < 4.78 is 2.45. The zero-order valence-corrected chi connectivity index (χ0v) is 33.9. The monoisotopic (exact) mass is 792 g/mol. The van der Waals surface area contributed by atoms with Crippen molar-refractivity contribution in [2.75, 3.05) is 4.90 Å². The zero-order chi connectivity index (χ0) is 41.0. The van der Waals surface area contributed by atoms with E-state index in [0.717, 1.165) is 56.3 Å². The molecule has 3 heterocycles. The fourth-order valence-corrected chi connectivity index (χ4v) is 9.49. The smallest absolute Gasteiger partial charge is 0.149 e. The van der Waals surface area contributed by atoms with Crippen LogP contribution in [0.1, 0.15) is 17.3 Å². The summed E-state index contributed by atoms with van der Waals surface area (Å²) in [7, 11) is 0. The molecule has 12 rings (SSSR count). The molecule has 0 radical (unpaired) electrons. The lowest BCUT2D eigenvalue weighted by atomic mass is 9.94. The lowest BCUT2D eigenvalue weighted by Crippen LogP contribution is -2.29. The molecule has 1 unspecified atom stereocenters. The number of rotatable bonds is 6. The van der Waals surface area contributed by atoms with Crippen LogP contribution in [0.2, 0.25) is 0 Å². The molecule has 292 valence electrons. The van der Waals surface area contributed by atoms with Crippen LogP contribution in [0.4, 0.5) is 17.1 Å². The van der Waals surface area contributed by atoms with Crippen molar-refractivity contribution in [1.29, 1.82) is 0 Å². The zero-order valence-electron chi connectivity index (χ0n) is 33.9. The number of hydrogen-bond donors (Lipinski definition) is 1. The number of hydrogen-bond acceptors (Lipinski definition) is 3. The number of aliphatic imine (C=N–C) groups is 1. The van der Waals surface area contributed by atoms with Gasteiger partial charge in [0.1, 0.15) is 12.0 Å². The van der Waals surface area contributed by atoms with E-state index in [4.69, 9.17) is 4.99 Å². The van der Waals surface area contributed by atoms with Crippen LogP contribution in [-0.2, 0) is 0 Å². The molecule has 0 aliphatic carbocycles. The number of fused-ring (bicyclic) bond motifs is 8. The van der Waals surface area contributed by atoms with Crippen LogP contribution in [0.25, 0.3) is 72.0 Å². The standard InChI is InChI=1S/C58H40N4/c1-4-18-39(19-5-1)41-22-16-24-43(34-41)52-38-57(60-58(59-52)44-25-17-23-42(35-44)40-20-6-2-7-21-40)62-54-33-15-13-31-49(54)51-37-55-50(36-56(51)62)47-29-11-10-28-46(47)48-30-12-14-32-53(48)61(55)45-26-8-3-9-27-45/h1-38,57H,(H,59,60). The number of benzene rings is 9. The van der Waals surface area contributed by atoms with Crippen LogP contribution in [0.5, 0.6) is 0 Å². The van der Waals surface area contributed by atoms with E-state index in [0.29, 0.717) is 0 Å². The van der Waals surface area contributed by atoms with E-state index in [1.807, 2.05) is 0 Å². The van der Waals surface area contributed by atoms with Gasteiger partial charge in [-0.1, -0.05) is 176 Å². The number of anilines is 3. The van der Waals surface area contributed by atoms with E-state index in [2.05, 4.69) is 245 Å². The second kappa shape index (κ2) is 14.8. The minimum absolute atomic E-state index is 0.370. The van der Waals surface area contributed by atoms with Crippen molar-refractivity contribution < 1.29 is 0 Å². The molecule has 62 heavy (non-hydrogen) atoms. The van der Waals surface area contributed by atoms with Crippen molar-refractivity contribution in [3.05, 3.63) is 242 Å². The van der Waals surface area contributed by atoms with Crippen molar-refractivity contribution in [1.82, 2.24) is 9.88 Å². The minimum atomic E-state index is -0.370. The van der Waals surface area contributed by atoms with E-state index >= 15 is 0 Å². The van der Waals surface area contributed by atoms with Gasteiger partial charge >= 0.3 is 0 Å². The molecule has 1 aromatic heterocycles. The highest BCUT2D eigenvalue weighted by Crippen LogP contribution is 2.52. The van der Waals surface area contributed by atoms with Gasteiger partial charge in [-0.05, 0) is 93.6 Å². The van der Waals surface area contributed by atoms with Crippen molar-refractivity contribution >= 4 is 50.4 Å². The first-order valence-corrected chi connectivity index (χ1v) is 21.2. The third-order valence-electron chi connectivity index (χ3n) is 12.4. The van der Waals surface area contributed by atoms with Gasteiger partial charge in [0, 0.05) is 38.8 Å². The summed E-state index contributed by atoms with van der Waals surface area (Å²) in [6, 6.07) is 80.8. The normalized spacial score (nSPS) is 14.3. The van der Waals surface area contributed by atoms with E-state index in [1.165, 1.54) is 49.7 Å². The van der Waals surface area contributed by atoms with Crippen LogP contribution in [0.15, 0.2) is 236 Å². The topological polar surface area (TPSA) is 32.6 Å². The molecule has 0 bridgehead atoms. The van der Waals surface area contributed by atoms with E-state index in [9.17, 15) is 0 Å². The van der Waals surface area contributed by atoms with Gasteiger partial charge in [-0.25, -0.2) is 4.99 Å². The molecule has 2 aliphatic heterocycles. The van der Waals surface area contributed by atoms with Gasteiger partial charge < -0.3 is 14.8 Å².